The van der Waals surface area contributed by atoms with Crippen LogP contribution in [0, 0.1) is 19.8 Å². The van der Waals surface area contributed by atoms with Crippen molar-refractivity contribution >= 4 is 32.6 Å². The third-order valence-electron chi connectivity index (χ3n) is 5.86. The molecule has 160 valence electrons. The van der Waals surface area contributed by atoms with Crippen LogP contribution in [-0.2, 0) is 4.79 Å². The van der Waals surface area contributed by atoms with E-state index >= 15 is 0 Å². The van der Waals surface area contributed by atoms with E-state index in [-0.39, 0.29) is 11.8 Å². The Balaban J connectivity index is 1.43. The van der Waals surface area contributed by atoms with Crippen LogP contribution in [0.1, 0.15) is 50.2 Å². The van der Waals surface area contributed by atoms with Gasteiger partial charge in [-0.2, -0.15) is 0 Å². The molecule has 1 aliphatic heterocycles. The standard InChI is InChI=1S/C23H36N4OS/c1-5-6-11-26(4)12-7-10-24-22(28)19-8-13-27(14-9-19)23-25-21-18(3)15-17(2)16-20(21)29-23/h15-16,19H,5-14H2,1-4H3,(H,24,28). The molecule has 1 saturated heterocycles. The molecule has 3 rings (SSSR count). The normalized spacial score (nSPS) is 15.4. The molecule has 0 saturated carbocycles. The summed E-state index contributed by atoms with van der Waals surface area (Å²) in [5, 5.41) is 4.26. The number of nitrogens with one attached hydrogen (secondary N) is 1. The highest BCUT2D eigenvalue weighted by atomic mass is 32.1. The molecule has 1 aromatic heterocycles. The third kappa shape index (κ3) is 5.92. The van der Waals surface area contributed by atoms with Gasteiger partial charge in [-0.05, 0) is 76.9 Å². The molecule has 0 radical (unpaired) electrons. The SMILES string of the molecule is CCCCN(C)CCCNC(=O)C1CCN(c2nc3c(C)cc(C)cc3s2)CC1. The number of carbonyl (C=O) groups excluding carboxylic acids is 1. The number of unbranched alkanes of at least 4 members (excludes halogenated alkanes) is 1. The van der Waals surface area contributed by atoms with Gasteiger partial charge in [-0.15, -0.1) is 0 Å². The summed E-state index contributed by atoms with van der Waals surface area (Å²) >= 11 is 1.78. The van der Waals surface area contributed by atoms with Crippen LogP contribution >= 0.6 is 11.3 Å². The van der Waals surface area contributed by atoms with Gasteiger partial charge in [-0.25, -0.2) is 4.98 Å². The summed E-state index contributed by atoms with van der Waals surface area (Å²) in [5.74, 6) is 0.374. The molecule has 1 aromatic carbocycles. The van der Waals surface area contributed by atoms with Crippen molar-refractivity contribution in [3.05, 3.63) is 23.3 Å². The number of hydrogen-bond donors (Lipinski definition) is 1. The number of hydrogen-bond acceptors (Lipinski definition) is 5. The minimum Gasteiger partial charge on any atom is -0.356 e. The van der Waals surface area contributed by atoms with Gasteiger partial charge in [0.1, 0.15) is 0 Å². The number of anilines is 1. The summed E-state index contributed by atoms with van der Waals surface area (Å²) in [6.07, 6.45) is 5.33. The zero-order valence-corrected chi connectivity index (χ0v) is 19.3. The smallest absolute Gasteiger partial charge is 0.223 e. The molecule has 1 aliphatic rings. The van der Waals surface area contributed by atoms with Gasteiger partial charge in [0, 0.05) is 25.6 Å². The number of carbonyl (C=O) groups is 1. The number of thiazole rings is 1. The van der Waals surface area contributed by atoms with Crippen LogP contribution in [0.5, 0.6) is 0 Å². The van der Waals surface area contributed by atoms with Crippen molar-refractivity contribution in [3.8, 4) is 0 Å². The minimum atomic E-state index is 0.141. The average Bonchev–Trinajstić information content (AvgIpc) is 3.14. The van der Waals surface area contributed by atoms with Crippen LogP contribution in [0.2, 0.25) is 0 Å². The van der Waals surface area contributed by atoms with Gasteiger partial charge in [-0.1, -0.05) is 30.7 Å². The molecule has 0 unspecified atom stereocenters. The molecule has 0 aliphatic carbocycles. The summed E-state index contributed by atoms with van der Waals surface area (Å²) in [4.78, 5) is 22.1. The lowest BCUT2D eigenvalue weighted by atomic mass is 9.96. The molecule has 2 aromatic rings. The number of aromatic nitrogens is 1. The van der Waals surface area contributed by atoms with E-state index in [4.69, 9.17) is 4.98 Å². The molecule has 1 N–H and O–H groups in total. The van der Waals surface area contributed by atoms with E-state index in [0.29, 0.717) is 0 Å². The highest BCUT2D eigenvalue weighted by Gasteiger charge is 2.26. The summed E-state index contributed by atoms with van der Waals surface area (Å²) in [5.41, 5.74) is 3.66. The zero-order chi connectivity index (χ0) is 20.8. The average molecular weight is 417 g/mol. The highest BCUT2D eigenvalue weighted by Crippen LogP contribution is 2.33. The Morgan fingerprint density at radius 1 is 1.24 bits per heavy atom. The predicted molar refractivity (Wildman–Crippen MR) is 124 cm³/mol. The van der Waals surface area contributed by atoms with Crippen LogP contribution < -0.4 is 10.2 Å². The first-order valence-electron chi connectivity index (χ1n) is 11.1. The Labute approximate surface area is 179 Å². The van der Waals surface area contributed by atoms with Gasteiger partial charge in [0.25, 0.3) is 0 Å². The van der Waals surface area contributed by atoms with Crippen molar-refractivity contribution in [2.75, 3.05) is 44.7 Å². The van der Waals surface area contributed by atoms with Gasteiger partial charge in [0.05, 0.1) is 10.2 Å². The van der Waals surface area contributed by atoms with Crippen molar-refractivity contribution in [3.63, 3.8) is 0 Å². The lowest BCUT2D eigenvalue weighted by Gasteiger charge is -2.31. The fraction of sp³-hybridized carbons (Fsp3) is 0.652. The van der Waals surface area contributed by atoms with Crippen molar-refractivity contribution in [2.45, 2.75) is 52.9 Å². The fourth-order valence-electron chi connectivity index (χ4n) is 4.07. The number of nitrogens with zero attached hydrogens (tertiary/aromatic N) is 3. The number of aryl methyl sites for hydroxylation is 2. The number of rotatable bonds is 9. The van der Waals surface area contributed by atoms with E-state index in [0.717, 1.165) is 62.6 Å². The molecule has 1 fully saturated rings. The van der Waals surface area contributed by atoms with E-state index in [1.807, 2.05) is 0 Å². The molecule has 1 amide bonds. The van der Waals surface area contributed by atoms with Crippen LogP contribution in [0.25, 0.3) is 10.2 Å². The molecule has 6 heteroatoms. The second-order valence-electron chi connectivity index (χ2n) is 8.49. The summed E-state index contributed by atoms with van der Waals surface area (Å²) < 4.78 is 1.27. The topological polar surface area (TPSA) is 48.5 Å². The van der Waals surface area contributed by atoms with E-state index < -0.39 is 0 Å². The predicted octanol–water partition coefficient (Wildman–Crippen LogP) is 4.37. The van der Waals surface area contributed by atoms with Gasteiger partial charge in [0.2, 0.25) is 5.91 Å². The van der Waals surface area contributed by atoms with Gasteiger partial charge < -0.3 is 15.1 Å². The Bertz CT molecular complexity index is 811. The van der Waals surface area contributed by atoms with Crippen LogP contribution in [0.3, 0.4) is 0 Å². The lowest BCUT2D eigenvalue weighted by molar-refractivity contribution is -0.125. The molecule has 29 heavy (non-hydrogen) atoms. The fourth-order valence-corrected chi connectivity index (χ4v) is 5.27. The first-order chi connectivity index (χ1) is 14.0. The van der Waals surface area contributed by atoms with E-state index in [1.54, 1.807) is 11.3 Å². The first kappa shape index (κ1) is 22.0. The quantitative estimate of drug-likeness (QED) is 0.617. The van der Waals surface area contributed by atoms with E-state index in [9.17, 15) is 4.79 Å². The maximum absolute atomic E-state index is 12.5. The number of amides is 1. The van der Waals surface area contributed by atoms with Crippen molar-refractivity contribution < 1.29 is 4.79 Å². The third-order valence-corrected chi connectivity index (χ3v) is 6.93. The molecule has 2 heterocycles. The van der Waals surface area contributed by atoms with Crippen LogP contribution in [0.15, 0.2) is 12.1 Å². The maximum Gasteiger partial charge on any atom is 0.223 e. The minimum absolute atomic E-state index is 0.141. The largest absolute Gasteiger partial charge is 0.356 e. The van der Waals surface area contributed by atoms with Crippen LogP contribution in [0.4, 0.5) is 5.13 Å². The van der Waals surface area contributed by atoms with Crippen molar-refractivity contribution in [1.29, 1.82) is 0 Å². The summed E-state index contributed by atoms with van der Waals surface area (Å²) in [7, 11) is 2.16. The van der Waals surface area contributed by atoms with Gasteiger partial charge in [-0.3, -0.25) is 4.79 Å². The molecular weight excluding hydrogens is 380 g/mol. The Morgan fingerprint density at radius 3 is 2.69 bits per heavy atom. The monoisotopic (exact) mass is 416 g/mol. The van der Waals surface area contributed by atoms with Crippen LogP contribution in [-0.4, -0.2) is 55.6 Å². The molecule has 0 bridgehead atoms. The lowest BCUT2D eigenvalue weighted by Crippen LogP contribution is -2.41. The molecule has 0 atom stereocenters. The maximum atomic E-state index is 12.5. The Kier molecular flexibility index (Phi) is 7.90. The van der Waals surface area contributed by atoms with Crippen molar-refractivity contribution in [1.82, 2.24) is 15.2 Å². The van der Waals surface area contributed by atoms with Gasteiger partial charge in [0.15, 0.2) is 5.13 Å². The molecular formula is C23H36N4OS. The highest BCUT2D eigenvalue weighted by molar-refractivity contribution is 7.22. The second kappa shape index (κ2) is 10.4. The summed E-state index contributed by atoms with van der Waals surface area (Å²) in [6.45, 7) is 11.3. The second-order valence-corrected chi connectivity index (χ2v) is 9.50. The number of fused-ring (bicyclic) bond motifs is 1. The zero-order valence-electron chi connectivity index (χ0n) is 18.5. The molecule has 0 spiro atoms. The van der Waals surface area contributed by atoms with E-state index in [2.05, 4.69) is 55.1 Å². The molecule has 5 nitrogen and oxygen atoms in total. The van der Waals surface area contributed by atoms with Gasteiger partial charge >= 0.3 is 0 Å². The Morgan fingerprint density at radius 2 is 1.97 bits per heavy atom. The number of piperidine rings is 1. The summed E-state index contributed by atoms with van der Waals surface area (Å²) in [6, 6.07) is 4.42. The van der Waals surface area contributed by atoms with E-state index in [1.165, 1.54) is 28.7 Å². The Hall–Kier alpha value is -1.66. The number of benzene rings is 1. The van der Waals surface area contributed by atoms with Crippen molar-refractivity contribution in [2.24, 2.45) is 5.92 Å². The first-order valence-corrected chi connectivity index (χ1v) is 11.9.